The minimum absolute atomic E-state index is 0.206. The molecule has 0 radical (unpaired) electrons. The number of benzene rings is 1. The Morgan fingerprint density at radius 3 is 2.72 bits per heavy atom. The quantitative estimate of drug-likeness (QED) is 0.690. The highest BCUT2D eigenvalue weighted by molar-refractivity contribution is 6.30. The molecule has 0 aromatic heterocycles. The summed E-state index contributed by atoms with van der Waals surface area (Å²) in [5.41, 5.74) is 1.14. The number of carbonyl (C=O) groups is 1. The monoisotopic (exact) mass is 268 g/mol. The molecule has 0 amide bonds. The fourth-order valence-electron chi connectivity index (χ4n) is 1.79. The molecule has 1 rings (SSSR count). The lowest BCUT2D eigenvalue weighted by molar-refractivity contribution is -0.117. The summed E-state index contributed by atoms with van der Waals surface area (Å²) in [6.07, 6.45) is 2.29. The predicted molar refractivity (Wildman–Crippen MR) is 75.4 cm³/mol. The number of hydrogen-bond donors (Lipinski definition) is 0. The normalized spacial score (nSPS) is 10.7. The van der Waals surface area contributed by atoms with Gasteiger partial charge in [0.15, 0.2) is 0 Å². The van der Waals surface area contributed by atoms with Gasteiger partial charge in [-0.2, -0.15) is 0 Å². The largest absolute Gasteiger partial charge is 0.493 e. The second-order valence-electron chi connectivity index (χ2n) is 5.00. The van der Waals surface area contributed by atoms with Crippen molar-refractivity contribution in [1.82, 2.24) is 0 Å². The van der Waals surface area contributed by atoms with Gasteiger partial charge in [-0.15, -0.1) is 0 Å². The van der Waals surface area contributed by atoms with Gasteiger partial charge in [-0.1, -0.05) is 25.4 Å². The SMILES string of the molecule is CC(=O)CCCOc1ccc(Cl)cc1CC(C)C. The van der Waals surface area contributed by atoms with Crippen LogP contribution in [0.5, 0.6) is 5.75 Å². The Kier molecular flexibility index (Phi) is 6.20. The third-order valence-electron chi connectivity index (χ3n) is 2.58. The molecule has 18 heavy (non-hydrogen) atoms. The molecule has 100 valence electrons. The standard InChI is InChI=1S/C15H21ClO2/c1-11(2)9-13-10-14(16)6-7-15(13)18-8-4-5-12(3)17/h6-7,10-11H,4-5,8-9H2,1-3H3. The minimum atomic E-state index is 0.206. The van der Waals surface area contributed by atoms with Crippen molar-refractivity contribution in [3.05, 3.63) is 28.8 Å². The molecule has 0 saturated heterocycles. The molecule has 1 aromatic rings. The van der Waals surface area contributed by atoms with Crippen molar-refractivity contribution in [2.75, 3.05) is 6.61 Å². The zero-order valence-corrected chi connectivity index (χ0v) is 12.1. The van der Waals surface area contributed by atoms with Crippen LogP contribution in [-0.2, 0) is 11.2 Å². The first-order valence-corrected chi connectivity index (χ1v) is 6.77. The lowest BCUT2D eigenvalue weighted by Crippen LogP contribution is -2.04. The molecule has 0 aliphatic rings. The van der Waals surface area contributed by atoms with E-state index in [9.17, 15) is 4.79 Å². The highest BCUT2D eigenvalue weighted by Crippen LogP contribution is 2.25. The Morgan fingerprint density at radius 2 is 2.11 bits per heavy atom. The summed E-state index contributed by atoms with van der Waals surface area (Å²) in [7, 11) is 0. The van der Waals surface area contributed by atoms with Crippen LogP contribution in [0.2, 0.25) is 5.02 Å². The Hall–Kier alpha value is -1.02. The second kappa shape index (κ2) is 7.42. The van der Waals surface area contributed by atoms with Crippen molar-refractivity contribution in [3.8, 4) is 5.75 Å². The number of ether oxygens (including phenoxy) is 1. The van der Waals surface area contributed by atoms with E-state index in [2.05, 4.69) is 13.8 Å². The van der Waals surface area contributed by atoms with E-state index in [0.717, 1.165) is 29.2 Å². The smallest absolute Gasteiger partial charge is 0.129 e. The fourth-order valence-corrected chi connectivity index (χ4v) is 1.99. The molecule has 0 aliphatic heterocycles. The maximum Gasteiger partial charge on any atom is 0.129 e. The molecule has 3 heteroatoms. The molecule has 0 spiro atoms. The molecule has 0 unspecified atom stereocenters. The molecule has 2 nitrogen and oxygen atoms in total. The zero-order valence-electron chi connectivity index (χ0n) is 11.3. The molecule has 0 aliphatic carbocycles. The first-order chi connectivity index (χ1) is 8.49. The van der Waals surface area contributed by atoms with E-state index in [1.54, 1.807) is 6.92 Å². The molecule has 0 heterocycles. The van der Waals surface area contributed by atoms with Crippen LogP contribution < -0.4 is 4.74 Å². The molecule has 0 atom stereocenters. The van der Waals surface area contributed by atoms with Crippen molar-refractivity contribution in [2.24, 2.45) is 5.92 Å². The first-order valence-electron chi connectivity index (χ1n) is 6.39. The lowest BCUT2D eigenvalue weighted by atomic mass is 10.0. The number of hydrogen-bond acceptors (Lipinski definition) is 2. The van der Waals surface area contributed by atoms with Crippen LogP contribution in [-0.4, -0.2) is 12.4 Å². The van der Waals surface area contributed by atoms with Crippen LogP contribution in [0.1, 0.15) is 39.2 Å². The summed E-state index contributed by atoms with van der Waals surface area (Å²) < 4.78 is 5.73. The second-order valence-corrected chi connectivity index (χ2v) is 5.44. The maximum atomic E-state index is 10.8. The summed E-state index contributed by atoms with van der Waals surface area (Å²) >= 11 is 6.00. The molecular weight excluding hydrogens is 248 g/mol. The number of ketones is 1. The van der Waals surface area contributed by atoms with Crippen molar-refractivity contribution >= 4 is 17.4 Å². The highest BCUT2D eigenvalue weighted by Gasteiger charge is 2.07. The first kappa shape index (κ1) is 15.0. The van der Waals surface area contributed by atoms with Gasteiger partial charge in [0.25, 0.3) is 0 Å². The van der Waals surface area contributed by atoms with E-state index < -0.39 is 0 Å². The van der Waals surface area contributed by atoms with Gasteiger partial charge in [0.1, 0.15) is 11.5 Å². The lowest BCUT2D eigenvalue weighted by Gasteiger charge is -2.13. The van der Waals surface area contributed by atoms with Crippen LogP contribution >= 0.6 is 11.6 Å². The van der Waals surface area contributed by atoms with Crippen molar-refractivity contribution in [2.45, 2.75) is 40.0 Å². The summed E-state index contributed by atoms with van der Waals surface area (Å²) in [6, 6.07) is 5.71. The van der Waals surface area contributed by atoms with Crippen molar-refractivity contribution < 1.29 is 9.53 Å². The van der Waals surface area contributed by atoms with Crippen LogP contribution in [0.15, 0.2) is 18.2 Å². The van der Waals surface area contributed by atoms with E-state index in [1.807, 2.05) is 18.2 Å². The summed E-state index contributed by atoms with van der Waals surface area (Å²) in [5.74, 6) is 1.65. The Labute approximate surface area is 114 Å². The maximum absolute atomic E-state index is 10.8. The number of Topliss-reactive ketones (excluding diaryl/α,β-unsaturated/α-hetero) is 1. The van der Waals surface area contributed by atoms with Gasteiger partial charge in [0.05, 0.1) is 6.61 Å². The highest BCUT2D eigenvalue weighted by atomic mass is 35.5. The molecule has 0 fully saturated rings. The van der Waals surface area contributed by atoms with Gasteiger partial charge >= 0.3 is 0 Å². The molecule has 0 N–H and O–H groups in total. The summed E-state index contributed by atoms with van der Waals surface area (Å²) in [4.78, 5) is 10.8. The zero-order chi connectivity index (χ0) is 13.5. The van der Waals surface area contributed by atoms with Crippen LogP contribution in [0.4, 0.5) is 0 Å². The van der Waals surface area contributed by atoms with E-state index >= 15 is 0 Å². The molecule has 0 saturated carbocycles. The van der Waals surface area contributed by atoms with Gasteiger partial charge in [-0.05, 0) is 49.4 Å². The molecule has 1 aromatic carbocycles. The summed E-state index contributed by atoms with van der Waals surface area (Å²) in [5, 5.41) is 0.738. The Balaban J connectivity index is 2.60. The van der Waals surface area contributed by atoms with Gasteiger partial charge in [0, 0.05) is 11.4 Å². The third-order valence-corrected chi connectivity index (χ3v) is 2.82. The summed E-state index contributed by atoms with van der Waals surface area (Å²) in [6.45, 7) is 6.51. The van der Waals surface area contributed by atoms with E-state index in [0.29, 0.717) is 18.9 Å². The third kappa shape index (κ3) is 5.54. The Morgan fingerprint density at radius 1 is 1.39 bits per heavy atom. The topological polar surface area (TPSA) is 26.3 Å². The fraction of sp³-hybridized carbons (Fsp3) is 0.533. The van der Waals surface area contributed by atoms with E-state index in [-0.39, 0.29) is 5.78 Å². The van der Waals surface area contributed by atoms with Gasteiger partial charge in [-0.25, -0.2) is 0 Å². The minimum Gasteiger partial charge on any atom is -0.493 e. The molecule has 0 bridgehead atoms. The van der Waals surface area contributed by atoms with Crippen LogP contribution in [0.25, 0.3) is 0 Å². The van der Waals surface area contributed by atoms with E-state index in [4.69, 9.17) is 16.3 Å². The number of halogens is 1. The van der Waals surface area contributed by atoms with Crippen LogP contribution in [0.3, 0.4) is 0 Å². The average molecular weight is 269 g/mol. The Bertz CT molecular complexity index is 399. The van der Waals surface area contributed by atoms with Crippen molar-refractivity contribution in [1.29, 1.82) is 0 Å². The number of rotatable bonds is 7. The van der Waals surface area contributed by atoms with Crippen molar-refractivity contribution in [3.63, 3.8) is 0 Å². The average Bonchev–Trinajstić information content (AvgIpc) is 2.25. The number of carbonyl (C=O) groups excluding carboxylic acids is 1. The predicted octanol–water partition coefficient (Wildman–Crippen LogP) is 4.29. The molecular formula is C15H21ClO2. The van der Waals surface area contributed by atoms with Crippen LogP contribution in [0, 0.1) is 5.92 Å². The van der Waals surface area contributed by atoms with Gasteiger partial charge in [-0.3, -0.25) is 0 Å². The van der Waals surface area contributed by atoms with E-state index in [1.165, 1.54) is 0 Å². The van der Waals surface area contributed by atoms with Gasteiger partial charge < -0.3 is 9.53 Å². The van der Waals surface area contributed by atoms with Gasteiger partial charge in [0.2, 0.25) is 0 Å².